The van der Waals surface area contributed by atoms with Crippen LogP contribution in [0.15, 0.2) is 48.5 Å². The molecular formula is C18H18O4. The molecule has 0 fully saturated rings. The SMILES string of the molecule is CCc1ccccc1OCC(=O)Oc1ccc(C(C)=O)cc1. The Bertz CT molecular complexity index is 659. The van der Waals surface area contributed by atoms with Crippen LogP contribution in [-0.4, -0.2) is 18.4 Å². The fourth-order valence-electron chi connectivity index (χ4n) is 1.99. The Hall–Kier alpha value is -2.62. The number of esters is 1. The third-order valence-electron chi connectivity index (χ3n) is 3.19. The Kier molecular flexibility index (Phi) is 5.31. The average Bonchev–Trinajstić information content (AvgIpc) is 2.53. The number of ketones is 1. The number of Topliss-reactive ketones (excluding diaryl/α,β-unsaturated/α-hetero) is 1. The van der Waals surface area contributed by atoms with Gasteiger partial charge >= 0.3 is 5.97 Å². The van der Waals surface area contributed by atoms with E-state index < -0.39 is 5.97 Å². The van der Waals surface area contributed by atoms with Crippen molar-refractivity contribution < 1.29 is 19.1 Å². The largest absolute Gasteiger partial charge is 0.482 e. The molecule has 0 spiro atoms. The molecule has 0 unspecified atom stereocenters. The summed E-state index contributed by atoms with van der Waals surface area (Å²) in [6, 6.07) is 14.0. The Labute approximate surface area is 129 Å². The summed E-state index contributed by atoms with van der Waals surface area (Å²) >= 11 is 0. The smallest absolute Gasteiger partial charge is 0.349 e. The van der Waals surface area contributed by atoms with E-state index in [4.69, 9.17) is 9.47 Å². The molecule has 0 aliphatic carbocycles. The summed E-state index contributed by atoms with van der Waals surface area (Å²) < 4.78 is 10.7. The van der Waals surface area contributed by atoms with Crippen LogP contribution in [0.5, 0.6) is 11.5 Å². The van der Waals surface area contributed by atoms with Crippen LogP contribution in [0.4, 0.5) is 0 Å². The van der Waals surface area contributed by atoms with E-state index in [0.717, 1.165) is 12.0 Å². The maximum atomic E-state index is 11.8. The van der Waals surface area contributed by atoms with Crippen LogP contribution in [0.3, 0.4) is 0 Å². The number of carbonyl (C=O) groups excluding carboxylic acids is 2. The summed E-state index contributed by atoms with van der Waals surface area (Å²) in [4.78, 5) is 23.0. The van der Waals surface area contributed by atoms with Crippen molar-refractivity contribution in [1.29, 1.82) is 0 Å². The lowest BCUT2D eigenvalue weighted by Gasteiger charge is -2.10. The lowest BCUT2D eigenvalue weighted by molar-refractivity contribution is -0.136. The summed E-state index contributed by atoms with van der Waals surface area (Å²) in [5.74, 6) is 0.565. The highest BCUT2D eigenvalue weighted by Gasteiger charge is 2.08. The minimum Gasteiger partial charge on any atom is -0.482 e. The van der Waals surface area contributed by atoms with Gasteiger partial charge in [0.2, 0.25) is 0 Å². The van der Waals surface area contributed by atoms with Gasteiger partial charge in [0.15, 0.2) is 12.4 Å². The van der Waals surface area contributed by atoms with E-state index in [2.05, 4.69) is 0 Å². The first-order valence-electron chi connectivity index (χ1n) is 7.12. The van der Waals surface area contributed by atoms with Crippen LogP contribution >= 0.6 is 0 Å². The molecule has 0 bridgehead atoms. The van der Waals surface area contributed by atoms with Gasteiger partial charge in [0.1, 0.15) is 11.5 Å². The minimum atomic E-state index is -0.485. The number of hydrogen-bond acceptors (Lipinski definition) is 4. The number of para-hydroxylation sites is 1. The van der Waals surface area contributed by atoms with Crippen LogP contribution in [0, 0.1) is 0 Å². The van der Waals surface area contributed by atoms with Crippen LogP contribution in [0.1, 0.15) is 29.8 Å². The third-order valence-corrected chi connectivity index (χ3v) is 3.19. The molecule has 4 heteroatoms. The highest BCUT2D eigenvalue weighted by atomic mass is 16.6. The molecule has 0 amide bonds. The molecule has 2 aromatic carbocycles. The fraction of sp³-hybridized carbons (Fsp3) is 0.222. The highest BCUT2D eigenvalue weighted by Crippen LogP contribution is 2.18. The zero-order valence-electron chi connectivity index (χ0n) is 12.7. The fourth-order valence-corrected chi connectivity index (χ4v) is 1.99. The molecule has 0 radical (unpaired) electrons. The summed E-state index contributed by atoms with van der Waals surface area (Å²) in [5, 5.41) is 0. The molecule has 114 valence electrons. The molecular weight excluding hydrogens is 280 g/mol. The van der Waals surface area contributed by atoms with Crippen molar-refractivity contribution in [3.8, 4) is 11.5 Å². The first kappa shape index (κ1) is 15.8. The highest BCUT2D eigenvalue weighted by molar-refractivity contribution is 5.94. The van der Waals surface area contributed by atoms with E-state index in [0.29, 0.717) is 17.1 Å². The molecule has 2 aromatic rings. The third kappa shape index (κ3) is 4.19. The van der Waals surface area contributed by atoms with Gasteiger partial charge in [-0.15, -0.1) is 0 Å². The number of carbonyl (C=O) groups is 2. The van der Waals surface area contributed by atoms with Crippen molar-refractivity contribution in [3.63, 3.8) is 0 Å². The molecule has 22 heavy (non-hydrogen) atoms. The molecule has 0 atom stereocenters. The second kappa shape index (κ2) is 7.41. The quantitative estimate of drug-likeness (QED) is 0.466. The number of hydrogen-bond donors (Lipinski definition) is 0. The first-order valence-corrected chi connectivity index (χ1v) is 7.12. The molecule has 0 aromatic heterocycles. The Morgan fingerprint density at radius 1 is 1.00 bits per heavy atom. The predicted octanol–water partition coefficient (Wildman–Crippen LogP) is 3.44. The molecule has 2 rings (SSSR count). The lowest BCUT2D eigenvalue weighted by Crippen LogP contribution is -2.18. The number of benzene rings is 2. The van der Waals surface area contributed by atoms with Crippen molar-refractivity contribution in [2.75, 3.05) is 6.61 Å². The van der Waals surface area contributed by atoms with Gasteiger partial charge in [-0.25, -0.2) is 4.79 Å². The van der Waals surface area contributed by atoms with Crippen molar-refractivity contribution in [1.82, 2.24) is 0 Å². The molecule has 0 saturated carbocycles. The average molecular weight is 298 g/mol. The molecule has 0 aliphatic heterocycles. The van der Waals surface area contributed by atoms with E-state index >= 15 is 0 Å². The predicted molar refractivity (Wildman–Crippen MR) is 83.4 cm³/mol. The minimum absolute atomic E-state index is 0.0302. The van der Waals surface area contributed by atoms with Crippen LogP contribution in [-0.2, 0) is 11.2 Å². The lowest BCUT2D eigenvalue weighted by atomic mass is 10.1. The second-order valence-electron chi connectivity index (χ2n) is 4.80. The molecule has 0 saturated heterocycles. The Morgan fingerprint density at radius 2 is 1.68 bits per heavy atom. The van der Waals surface area contributed by atoms with Gasteiger partial charge in [0, 0.05) is 5.56 Å². The molecule has 4 nitrogen and oxygen atoms in total. The topological polar surface area (TPSA) is 52.6 Å². The van der Waals surface area contributed by atoms with Crippen LogP contribution in [0.2, 0.25) is 0 Å². The van der Waals surface area contributed by atoms with Gasteiger partial charge in [-0.2, -0.15) is 0 Å². The Balaban J connectivity index is 1.91. The van der Waals surface area contributed by atoms with Gasteiger partial charge in [0.25, 0.3) is 0 Å². The Morgan fingerprint density at radius 3 is 2.32 bits per heavy atom. The molecule has 0 heterocycles. The van der Waals surface area contributed by atoms with E-state index in [1.807, 2.05) is 31.2 Å². The van der Waals surface area contributed by atoms with Crippen molar-refractivity contribution in [2.45, 2.75) is 20.3 Å². The van der Waals surface area contributed by atoms with Crippen LogP contribution in [0.25, 0.3) is 0 Å². The van der Waals surface area contributed by atoms with E-state index in [1.165, 1.54) is 6.92 Å². The standard InChI is InChI=1S/C18H18O4/c1-3-14-6-4-5-7-17(14)21-12-18(20)22-16-10-8-15(9-11-16)13(2)19/h4-11H,3,12H2,1-2H3. The van der Waals surface area contributed by atoms with Gasteiger partial charge in [-0.1, -0.05) is 25.1 Å². The van der Waals surface area contributed by atoms with E-state index in [1.54, 1.807) is 24.3 Å². The summed E-state index contributed by atoms with van der Waals surface area (Å²) in [6.07, 6.45) is 0.831. The second-order valence-corrected chi connectivity index (χ2v) is 4.80. The summed E-state index contributed by atoms with van der Waals surface area (Å²) in [7, 11) is 0. The van der Waals surface area contributed by atoms with Gasteiger partial charge < -0.3 is 9.47 Å². The normalized spacial score (nSPS) is 10.1. The zero-order valence-corrected chi connectivity index (χ0v) is 12.7. The van der Waals surface area contributed by atoms with Crippen LogP contribution < -0.4 is 9.47 Å². The maximum Gasteiger partial charge on any atom is 0.349 e. The number of rotatable bonds is 6. The zero-order chi connectivity index (χ0) is 15.9. The monoisotopic (exact) mass is 298 g/mol. The van der Waals surface area contributed by atoms with Crippen molar-refractivity contribution in [3.05, 3.63) is 59.7 Å². The maximum absolute atomic E-state index is 11.8. The van der Waals surface area contributed by atoms with Gasteiger partial charge in [-0.3, -0.25) is 4.79 Å². The van der Waals surface area contributed by atoms with Gasteiger partial charge in [0.05, 0.1) is 0 Å². The van der Waals surface area contributed by atoms with Crippen molar-refractivity contribution in [2.24, 2.45) is 0 Å². The summed E-state index contributed by atoms with van der Waals surface area (Å²) in [5.41, 5.74) is 1.62. The van der Waals surface area contributed by atoms with Gasteiger partial charge in [-0.05, 0) is 49.2 Å². The number of ether oxygens (including phenoxy) is 2. The van der Waals surface area contributed by atoms with E-state index in [-0.39, 0.29) is 12.4 Å². The summed E-state index contributed by atoms with van der Waals surface area (Å²) in [6.45, 7) is 3.35. The first-order chi connectivity index (χ1) is 10.6. The molecule has 0 N–H and O–H groups in total. The molecule has 0 aliphatic rings. The van der Waals surface area contributed by atoms with E-state index in [9.17, 15) is 9.59 Å². The number of aryl methyl sites for hydroxylation is 1. The van der Waals surface area contributed by atoms with Crippen molar-refractivity contribution >= 4 is 11.8 Å².